The molecule has 2 rings (SSSR count). The Balaban J connectivity index is 2.05. The van der Waals surface area contributed by atoms with Gasteiger partial charge < -0.3 is 4.90 Å². The van der Waals surface area contributed by atoms with E-state index in [0.29, 0.717) is 11.5 Å². The number of rotatable bonds is 3. The second-order valence-electron chi connectivity index (χ2n) is 5.23. The van der Waals surface area contributed by atoms with Crippen LogP contribution in [-0.2, 0) is 0 Å². The van der Waals surface area contributed by atoms with E-state index in [-0.39, 0.29) is 0 Å². The highest BCUT2D eigenvalue weighted by Crippen LogP contribution is 2.27. The Kier molecular flexibility index (Phi) is 4.78. The fraction of sp³-hybridized carbons (Fsp3) is 0.643. The Labute approximate surface area is 119 Å². The predicted octanol–water partition coefficient (Wildman–Crippen LogP) is 2.40. The molecule has 0 aromatic carbocycles. The van der Waals surface area contributed by atoms with Gasteiger partial charge in [-0.15, -0.1) is 11.8 Å². The summed E-state index contributed by atoms with van der Waals surface area (Å²) in [6.07, 6.45) is 2.55. The molecule has 1 saturated heterocycles. The van der Waals surface area contributed by atoms with Gasteiger partial charge in [0, 0.05) is 12.3 Å². The molecule has 2 heterocycles. The van der Waals surface area contributed by atoms with Gasteiger partial charge in [0.2, 0.25) is 0 Å². The van der Waals surface area contributed by atoms with Crippen LogP contribution in [0.2, 0.25) is 0 Å². The molecule has 4 nitrogen and oxygen atoms in total. The lowest BCUT2D eigenvalue weighted by atomic mass is 10.0. The standard InChI is InChI=1S/C14H20N4S/c1-10-13(7-15)14(17-11(2)16-10)19-9-12-5-4-6-18(3)8-12/h12H,4-6,8-9H2,1-3H3/t12-/m0/s1. The van der Waals surface area contributed by atoms with Gasteiger partial charge in [-0.2, -0.15) is 5.26 Å². The van der Waals surface area contributed by atoms with Gasteiger partial charge in [0.25, 0.3) is 0 Å². The molecular weight excluding hydrogens is 256 g/mol. The van der Waals surface area contributed by atoms with Crippen LogP contribution in [0, 0.1) is 31.1 Å². The van der Waals surface area contributed by atoms with E-state index in [1.807, 2.05) is 13.8 Å². The molecule has 1 aliphatic heterocycles. The summed E-state index contributed by atoms with van der Waals surface area (Å²) in [6.45, 7) is 6.12. The van der Waals surface area contributed by atoms with Crippen molar-refractivity contribution < 1.29 is 0 Å². The summed E-state index contributed by atoms with van der Waals surface area (Å²) in [5.41, 5.74) is 1.43. The second-order valence-corrected chi connectivity index (χ2v) is 6.24. The van der Waals surface area contributed by atoms with E-state index in [2.05, 4.69) is 28.0 Å². The summed E-state index contributed by atoms with van der Waals surface area (Å²) >= 11 is 1.71. The molecule has 0 N–H and O–H groups in total. The summed E-state index contributed by atoms with van der Waals surface area (Å²) in [7, 11) is 2.18. The fourth-order valence-electron chi connectivity index (χ4n) is 2.52. The topological polar surface area (TPSA) is 52.8 Å². The van der Waals surface area contributed by atoms with Gasteiger partial charge in [-0.1, -0.05) is 0 Å². The summed E-state index contributed by atoms with van der Waals surface area (Å²) in [4.78, 5) is 11.1. The van der Waals surface area contributed by atoms with Crippen molar-refractivity contribution in [3.8, 4) is 6.07 Å². The van der Waals surface area contributed by atoms with Gasteiger partial charge in [0.1, 0.15) is 22.5 Å². The van der Waals surface area contributed by atoms with Gasteiger partial charge in [0.05, 0.1) is 5.69 Å². The van der Waals surface area contributed by atoms with Crippen LogP contribution < -0.4 is 0 Å². The van der Waals surface area contributed by atoms with Gasteiger partial charge >= 0.3 is 0 Å². The third-order valence-corrected chi connectivity index (χ3v) is 4.67. The minimum atomic E-state index is 0.639. The first kappa shape index (κ1) is 14.3. The Morgan fingerprint density at radius 2 is 2.21 bits per heavy atom. The van der Waals surface area contributed by atoms with Crippen molar-refractivity contribution in [2.45, 2.75) is 31.7 Å². The number of hydrogen-bond acceptors (Lipinski definition) is 5. The molecule has 0 bridgehead atoms. The molecule has 1 fully saturated rings. The van der Waals surface area contributed by atoms with Crippen LogP contribution in [0.3, 0.4) is 0 Å². The number of aromatic nitrogens is 2. The molecule has 0 radical (unpaired) electrons. The van der Waals surface area contributed by atoms with Crippen molar-refractivity contribution in [2.24, 2.45) is 5.92 Å². The molecule has 19 heavy (non-hydrogen) atoms. The van der Waals surface area contributed by atoms with Crippen LogP contribution in [0.25, 0.3) is 0 Å². The largest absolute Gasteiger partial charge is 0.306 e. The molecule has 0 unspecified atom stereocenters. The van der Waals surface area contributed by atoms with E-state index in [1.165, 1.54) is 19.4 Å². The smallest absolute Gasteiger partial charge is 0.126 e. The molecule has 1 aromatic rings. The van der Waals surface area contributed by atoms with E-state index in [4.69, 9.17) is 0 Å². The third kappa shape index (κ3) is 3.68. The minimum Gasteiger partial charge on any atom is -0.306 e. The fourth-order valence-corrected chi connectivity index (χ4v) is 3.72. The number of thioether (sulfide) groups is 1. The maximum absolute atomic E-state index is 9.22. The Hall–Kier alpha value is -1.12. The maximum Gasteiger partial charge on any atom is 0.126 e. The van der Waals surface area contributed by atoms with Crippen LogP contribution in [0.15, 0.2) is 5.03 Å². The van der Waals surface area contributed by atoms with E-state index in [9.17, 15) is 5.26 Å². The van der Waals surface area contributed by atoms with E-state index in [1.54, 1.807) is 11.8 Å². The summed E-state index contributed by atoms with van der Waals surface area (Å²) in [6, 6.07) is 2.23. The summed E-state index contributed by atoms with van der Waals surface area (Å²) in [5, 5.41) is 10.1. The molecule has 0 saturated carbocycles. The quantitative estimate of drug-likeness (QED) is 0.627. The van der Waals surface area contributed by atoms with E-state index >= 15 is 0 Å². The maximum atomic E-state index is 9.22. The molecule has 1 aromatic heterocycles. The number of hydrogen-bond donors (Lipinski definition) is 0. The lowest BCUT2D eigenvalue weighted by Crippen LogP contribution is -2.33. The summed E-state index contributed by atoms with van der Waals surface area (Å²) in [5.74, 6) is 2.49. The molecule has 0 aliphatic carbocycles. The van der Waals surface area contributed by atoms with Crippen LogP contribution in [0.1, 0.15) is 29.9 Å². The van der Waals surface area contributed by atoms with Crippen molar-refractivity contribution >= 4 is 11.8 Å². The Morgan fingerprint density at radius 3 is 2.89 bits per heavy atom. The van der Waals surface area contributed by atoms with Crippen LogP contribution in [-0.4, -0.2) is 40.8 Å². The van der Waals surface area contributed by atoms with Crippen molar-refractivity contribution in [3.05, 3.63) is 17.1 Å². The number of likely N-dealkylation sites (tertiary alicyclic amines) is 1. The monoisotopic (exact) mass is 276 g/mol. The highest BCUT2D eigenvalue weighted by atomic mass is 32.2. The SMILES string of the molecule is Cc1nc(C)c(C#N)c(SC[C@H]2CCCN(C)C2)n1. The lowest BCUT2D eigenvalue weighted by molar-refractivity contribution is 0.224. The van der Waals surface area contributed by atoms with Gasteiger partial charge in [-0.3, -0.25) is 0 Å². The van der Waals surface area contributed by atoms with Crippen molar-refractivity contribution in [1.82, 2.24) is 14.9 Å². The zero-order valence-electron chi connectivity index (χ0n) is 11.8. The first-order valence-corrected chi connectivity index (χ1v) is 7.65. The number of nitriles is 1. The van der Waals surface area contributed by atoms with E-state index < -0.39 is 0 Å². The van der Waals surface area contributed by atoms with Crippen LogP contribution in [0.4, 0.5) is 0 Å². The number of nitrogens with zero attached hydrogens (tertiary/aromatic N) is 4. The average molecular weight is 276 g/mol. The van der Waals surface area contributed by atoms with Crippen molar-refractivity contribution in [3.63, 3.8) is 0 Å². The van der Waals surface area contributed by atoms with E-state index in [0.717, 1.165) is 28.8 Å². The molecule has 0 amide bonds. The molecule has 5 heteroatoms. The first-order chi connectivity index (χ1) is 9.10. The molecule has 102 valence electrons. The molecule has 0 spiro atoms. The molecular formula is C14H20N4S. The molecule has 1 atom stereocenters. The zero-order valence-corrected chi connectivity index (χ0v) is 12.6. The van der Waals surface area contributed by atoms with Crippen LogP contribution >= 0.6 is 11.8 Å². The van der Waals surface area contributed by atoms with Crippen molar-refractivity contribution in [1.29, 1.82) is 5.26 Å². The normalized spacial score (nSPS) is 20.2. The number of aryl methyl sites for hydroxylation is 2. The zero-order chi connectivity index (χ0) is 13.8. The van der Waals surface area contributed by atoms with Gasteiger partial charge in [-0.05, 0) is 46.2 Å². The Bertz CT molecular complexity index is 495. The highest BCUT2D eigenvalue weighted by molar-refractivity contribution is 7.99. The predicted molar refractivity (Wildman–Crippen MR) is 77.2 cm³/mol. The van der Waals surface area contributed by atoms with Crippen LogP contribution in [0.5, 0.6) is 0 Å². The van der Waals surface area contributed by atoms with Crippen molar-refractivity contribution in [2.75, 3.05) is 25.9 Å². The first-order valence-electron chi connectivity index (χ1n) is 6.67. The summed E-state index contributed by atoms with van der Waals surface area (Å²) < 4.78 is 0. The Morgan fingerprint density at radius 1 is 1.42 bits per heavy atom. The minimum absolute atomic E-state index is 0.639. The van der Waals surface area contributed by atoms with Gasteiger partial charge in [0.15, 0.2) is 0 Å². The van der Waals surface area contributed by atoms with Gasteiger partial charge in [-0.25, -0.2) is 9.97 Å². The lowest BCUT2D eigenvalue weighted by Gasteiger charge is -2.29. The molecule has 1 aliphatic rings. The highest BCUT2D eigenvalue weighted by Gasteiger charge is 2.19. The third-order valence-electron chi connectivity index (χ3n) is 3.46. The number of piperidine rings is 1. The average Bonchev–Trinajstić information content (AvgIpc) is 2.36. The second kappa shape index (κ2) is 6.36.